The quantitative estimate of drug-likeness (QED) is 0.736. The van der Waals surface area contributed by atoms with E-state index in [1.165, 1.54) is 13.0 Å². The molecule has 0 radical (unpaired) electrons. The maximum atomic E-state index is 12.2. The van der Waals surface area contributed by atoms with Gasteiger partial charge in [0.25, 0.3) is 0 Å². The third kappa shape index (κ3) is 5.57. The number of nitrogens with one attached hydrogen (secondary N) is 1. The van der Waals surface area contributed by atoms with E-state index in [1.54, 1.807) is 26.4 Å². The van der Waals surface area contributed by atoms with Crippen molar-refractivity contribution in [3.8, 4) is 5.75 Å². The lowest BCUT2D eigenvalue weighted by molar-refractivity contribution is -0.116. The molecule has 0 atom stereocenters. The summed E-state index contributed by atoms with van der Waals surface area (Å²) >= 11 is 0. The van der Waals surface area contributed by atoms with E-state index in [9.17, 15) is 9.59 Å². The Morgan fingerprint density at radius 1 is 1.08 bits per heavy atom. The van der Waals surface area contributed by atoms with Crippen LogP contribution in [0.25, 0.3) is 6.08 Å². The predicted molar refractivity (Wildman–Crippen MR) is 102 cm³/mol. The van der Waals surface area contributed by atoms with Gasteiger partial charge in [0.05, 0.1) is 13.7 Å². The first-order valence-corrected chi connectivity index (χ1v) is 8.25. The molecule has 0 aromatic heterocycles. The molecule has 1 N–H and O–H groups in total. The zero-order valence-electron chi connectivity index (χ0n) is 15.2. The van der Waals surface area contributed by atoms with Crippen molar-refractivity contribution >= 4 is 23.5 Å². The van der Waals surface area contributed by atoms with Crippen LogP contribution in [0.4, 0.5) is 5.69 Å². The molecule has 0 bridgehead atoms. The van der Waals surface area contributed by atoms with Crippen LogP contribution in [0.1, 0.15) is 23.6 Å². The molecule has 0 aliphatic rings. The van der Waals surface area contributed by atoms with Gasteiger partial charge in [0.2, 0.25) is 5.91 Å². The number of hydrogen-bond acceptors (Lipinski definition) is 4. The fourth-order valence-corrected chi connectivity index (χ4v) is 2.58. The number of carbonyl (C=O) groups excluding carboxylic acids is 2. The van der Waals surface area contributed by atoms with Gasteiger partial charge in [-0.15, -0.1) is 0 Å². The molecule has 0 saturated heterocycles. The van der Waals surface area contributed by atoms with Crippen molar-refractivity contribution in [3.05, 3.63) is 65.2 Å². The highest BCUT2D eigenvalue weighted by molar-refractivity contribution is 6.02. The van der Waals surface area contributed by atoms with Crippen molar-refractivity contribution < 1.29 is 19.1 Å². The molecular weight excluding hydrogens is 330 g/mol. The molecule has 0 aliphatic carbocycles. The maximum absolute atomic E-state index is 12.2. The number of amides is 1. The number of methoxy groups -OCH3 is 2. The van der Waals surface area contributed by atoms with Crippen LogP contribution in [-0.4, -0.2) is 25.9 Å². The Kier molecular flexibility index (Phi) is 7.12. The number of benzene rings is 2. The van der Waals surface area contributed by atoms with E-state index >= 15 is 0 Å². The van der Waals surface area contributed by atoms with Crippen molar-refractivity contribution in [2.75, 3.05) is 19.5 Å². The number of Topliss-reactive ketones (excluding diaryl/α,β-unsaturated/α-hetero) is 1. The molecule has 26 heavy (non-hydrogen) atoms. The highest BCUT2D eigenvalue weighted by Crippen LogP contribution is 2.22. The van der Waals surface area contributed by atoms with Crippen molar-refractivity contribution in [2.45, 2.75) is 20.0 Å². The summed E-state index contributed by atoms with van der Waals surface area (Å²) in [5.41, 5.74) is 3.25. The Balaban J connectivity index is 2.12. The van der Waals surface area contributed by atoms with Gasteiger partial charge in [-0.05, 0) is 36.8 Å². The van der Waals surface area contributed by atoms with Gasteiger partial charge in [0.15, 0.2) is 0 Å². The fourth-order valence-electron chi connectivity index (χ4n) is 2.58. The minimum absolute atomic E-state index is 0.0527. The molecule has 0 aliphatic heterocycles. The Morgan fingerprint density at radius 2 is 1.85 bits per heavy atom. The number of carbonyl (C=O) groups is 2. The molecule has 1 amide bonds. The van der Waals surface area contributed by atoms with Gasteiger partial charge < -0.3 is 14.8 Å². The third-order valence-electron chi connectivity index (χ3n) is 3.75. The Morgan fingerprint density at radius 3 is 2.54 bits per heavy atom. The molecule has 0 heterocycles. The summed E-state index contributed by atoms with van der Waals surface area (Å²) < 4.78 is 10.4. The van der Waals surface area contributed by atoms with Gasteiger partial charge in [-0.1, -0.05) is 24.3 Å². The van der Waals surface area contributed by atoms with E-state index in [2.05, 4.69) is 5.32 Å². The molecule has 0 spiro atoms. The molecule has 136 valence electrons. The van der Waals surface area contributed by atoms with Gasteiger partial charge in [-0.25, -0.2) is 0 Å². The normalized spacial score (nSPS) is 10.7. The molecule has 5 heteroatoms. The van der Waals surface area contributed by atoms with Crippen molar-refractivity contribution in [1.29, 1.82) is 0 Å². The van der Waals surface area contributed by atoms with Gasteiger partial charge in [0.1, 0.15) is 11.5 Å². The first kappa shape index (κ1) is 19.4. The summed E-state index contributed by atoms with van der Waals surface area (Å²) in [6.45, 7) is 1.96. The van der Waals surface area contributed by atoms with Gasteiger partial charge in [0, 0.05) is 36.4 Å². The highest BCUT2D eigenvalue weighted by Gasteiger charge is 2.07. The zero-order valence-corrected chi connectivity index (χ0v) is 15.2. The van der Waals surface area contributed by atoms with Crippen LogP contribution in [0.2, 0.25) is 0 Å². The van der Waals surface area contributed by atoms with Crippen LogP contribution in [0.15, 0.2) is 48.5 Å². The monoisotopic (exact) mass is 353 g/mol. The summed E-state index contributed by atoms with van der Waals surface area (Å²) in [6.07, 6.45) is 3.46. The number of ketones is 1. The summed E-state index contributed by atoms with van der Waals surface area (Å²) in [5, 5.41) is 2.85. The largest absolute Gasteiger partial charge is 0.496 e. The molecule has 5 nitrogen and oxygen atoms in total. The minimum Gasteiger partial charge on any atom is -0.496 e. The Hall–Kier alpha value is -2.92. The predicted octanol–water partition coefficient (Wildman–Crippen LogP) is 3.63. The lowest BCUT2D eigenvalue weighted by Crippen LogP contribution is -2.10. The zero-order chi connectivity index (χ0) is 18.9. The van der Waals surface area contributed by atoms with E-state index in [4.69, 9.17) is 9.47 Å². The number of hydrogen-bond donors (Lipinski definition) is 1. The second kappa shape index (κ2) is 9.53. The second-order valence-electron chi connectivity index (χ2n) is 5.86. The third-order valence-corrected chi connectivity index (χ3v) is 3.75. The first-order chi connectivity index (χ1) is 12.5. The van der Waals surface area contributed by atoms with E-state index in [0.29, 0.717) is 18.8 Å². The lowest BCUT2D eigenvalue weighted by Gasteiger charge is -2.09. The number of anilines is 1. The highest BCUT2D eigenvalue weighted by atomic mass is 16.5. The van der Waals surface area contributed by atoms with E-state index in [-0.39, 0.29) is 11.7 Å². The van der Waals surface area contributed by atoms with Crippen LogP contribution in [0.3, 0.4) is 0 Å². The topological polar surface area (TPSA) is 64.6 Å². The van der Waals surface area contributed by atoms with Crippen LogP contribution in [0, 0.1) is 0 Å². The molecule has 2 aromatic rings. The Bertz CT molecular complexity index is 811. The molecule has 0 fully saturated rings. The molecule has 2 aromatic carbocycles. The van der Waals surface area contributed by atoms with Crippen LogP contribution < -0.4 is 10.1 Å². The average molecular weight is 353 g/mol. The first-order valence-electron chi connectivity index (χ1n) is 8.25. The number of ether oxygens (including phenoxy) is 2. The lowest BCUT2D eigenvalue weighted by atomic mass is 10.0. The van der Waals surface area contributed by atoms with Gasteiger partial charge in [-0.2, -0.15) is 0 Å². The Labute approximate surface area is 153 Å². The van der Waals surface area contributed by atoms with Crippen molar-refractivity contribution in [3.63, 3.8) is 0 Å². The molecule has 0 saturated carbocycles. The summed E-state index contributed by atoms with van der Waals surface area (Å²) in [4.78, 5) is 23.6. The standard InChI is InChI=1S/C21H23NO4/c1-15(23)12-18-13-16(8-10-20(18)26-3)9-11-21(24)22-19-7-5-4-6-17(19)14-25-2/h4-11,13H,12,14H2,1-3H3,(H,22,24). The summed E-state index contributed by atoms with van der Waals surface area (Å²) in [6, 6.07) is 13.0. The van der Waals surface area contributed by atoms with E-state index in [0.717, 1.165) is 22.4 Å². The summed E-state index contributed by atoms with van der Waals surface area (Å²) in [5.74, 6) is 0.477. The maximum Gasteiger partial charge on any atom is 0.248 e. The minimum atomic E-state index is -0.238. The van der Waals surface area contributed by atoms with Crippen LogP contribution in [0.5, 0.6) is 5.75 Å². The SMILES string of the molecule is COCc1ccccc1NC(=O)C=Cc1ccc(OC)c(CC(C)=O)c1. The second-order valence-corrected chi connectivity index (χ2v) is 5.86. The number of rotatable bonds is 8. The van der Waals surface area contributed by atoms with Crippen LogP contribution >= 0.6 is 0 Å². The molecule has 2 rings (SSSR count). The molecular formula is C21H23NO4. The average Bonchev–Trinajstić information content (AvgIpc) is 2.61. The smallest absolute Gasteiger partial charge is 0.248 e. The van der Waals surface area contributed by atoms with Crippen molar-refractivity contribution in [1.82, 2.24) is 0 Å². The summed E-state index contributed by atoms with van der Waals surface area (Å²) in [7, 11) is 3.18. The molecule has 0 unspecified atom stereocenters. The van der Waals surface area contributed by atoms with E-state index in [1.807, 2.05) is 36.4 Å². The van der Waals surface area contributed by atoms with E-state index < -0.39 is 0 Å². The van der Waals surface area contributed by atoms with Gasteiger partial charge in [-0.3, -0.25) is 9.59 Å². The fraction of sp³-hybridized carbons (Fsp3) is 0.238. The van der Waals surface area contributed by atoms with Gasteiger partial charge >= 0.3 is 0 Å². The number of para-hydroxylation sites is 1. The van der Waals surface area contributed by atoms with Crippen molar-refractivity contribution in [2.24, 2.45) is 0 Å². The van der Waals surface area contributed by atoms with Crippen LogP contribution in [-0.2, 0) is 27.4 Å².